The van der Waals surface area contributed by atoms with E-state index in [-0.39, 0.29) is 5.38 Å². The molecule has 2 aliphatic carbocycles. The first-order valence-electron chi connectivity index (χ1n) is 7.79. The molecule has 0 saturated heterocycles. The Bertz CT molecular complexity index is 464. The maximum absolute atomic E-state index is 6.71. The third kappa shape index (κ3) is 2.50. The van der Waals surface area contributed by atoms with Gasteiger partial charge in [0.2, 0.25) is 0 Å². The fraction of sp³-hybridized carbons (Fsp3) is 0.647. The van der Waals surface area contributed by atoms with Crippen LogP contribution in [0, 0.1) is 17.8 Å². The standard InChI is InChI=1S/C17H23ClO2/c1-3-19-14-9-8-11(10-15(14)20-4-2)17(18)16-12-6-5-7-13(12)16/h8-10,12-13,16-17H,3-7H2,1-2H3. The third-order valence-electron chi connectivity index (χ3n) is 4.70. The summed E-state index contributed by atoms with van der Waals surface area (Å²) in [5.41, 5.74) is 1.18. The van der Waals surface area contributed by atoms with E-state index >= 15 is 0 Å². The smallest absolute Gasteiger partial charge is 0.161 e. The largest absolute Gasteiger partial charge is 0.490 e. The number of fused-ring (bicyclic) bond motifs is 1. The van der Waals surface area contributed by atoms with Gasteiger partial charge in [-0.25, -0.2) is 0 Å². The number of alkyl halides is 1. The Morgan fingerprint density at radius 2 is 1.75 bits per heavy atom. The van der Waals surface area contributed by atoms with Gasteiger partial charge >= 0.3 is 0 Å². The van der Waals surface area contributed by atoms with E-state index in [0.717, 1.165) is 23.3 Å². The molecule has 3 atom stereocenters. The van der Waals surface area contributed by atoms with Crippen molar-refractivity contribution in [3.63, 3.8) is 0 Å². The molecule has 20 heavy (non-hydrogen) atoms. The summed E-state index contributed by atoms with van der Waals surface area (Å²) in [6.45, 7) is 5.27. The van der Waals surface area contributed by atoms with Crippen molar-refractivity contribution in [3.05, 3.63) is 23.8 Å². The van der Waals surface area contributed by atoms with Crippen LogP contribution in [0.3, 0.4) is 0 Å². The average molecular weight is 295 g/mol. The highest BCUT2D eigenvalue weighted by atomic mass is 35.5. The molecule has 2 aliphatic rings. The van der Waals surface area contributed by atoms with Crippen LogP contribution in [0.15, 0.2) is 18.2 Å². The number of hydrogen-bond acceptors (Lipinski definition) is 2. The minimum atomic E-state index is 0.125. The van der Waals surface area contributed by atoms with Gasteiger partial charge in [0, 0.05) is 0 Å². The van der Waals surface area contributed by atoms with E-state index in [1.165, 1.54) is 24.8 Å². The molecular formula is C17H23ClO2. The summed E-state index contributed by atoms with van der Waals surface area (Å²) < 4.78 is 11.3. The zero-order valence-electron chi connectivity index (χ0n) is 12.3. The van der Waals surface area contributed by atoms with Crippen LogP contribution in [0.1, 0.15) is 44.1 Å². The van der Waals surface area contributed by atoms with Gasteiger partial charge < -0.3 is 9.47 Å². The fourth-order valence-electron chi connectivity index (χ4n) is 3.77. The lowest BCUT2D eigenvalue weighted by molar-refractivity contribution is 0.287. The van der Waals surface area contributed by atoms with Crippen molar-refractivity contribution in [2.75, 3.05) is 13.2 Å². The fourth-order valence-corrected chi connectivity index (χ4v) is 4.28. The van der Waals surface area contributed by atoms with Crippen LogP contribution in [0.4, 0.5) is 0 Å². The van der Waals surface area contributed by atoms with E-state index in [2.05, 4.69) is 12.1 Å². The van der Waals surface area contributed by atoms with E-state index in [0.29, 0.717) is 19.1 Å². The summed E-state index contributed by atoms with van der Waals surface area (Å²) in [7, 11) is 0. The van der Waals surface area contributed by atoms with Gasteiger partial charge in [0.1, 0.15) is 0 Å². The molecule has 2 fully saturated rings. The molecule has 0 heterocycles. The first-order chi connectivity index (χ1) is 9.76. The van der Waals surface area contributed by atoms with Gasteiger partial charge in [-0.3, -0.25) is 0 Å². The van der Waals surface area contributed by atoms with Crippen LogP contribution >= 0.6 is 11.6 Å². The second-order valence-corrected chi connectivity index (χ2v) is 6.28. The highest BCUT2D eigenvalue weighted by Gasteiger charge is 2.55. The Kier molecular flexibility index (Phi) is 4.11. The van der Waals surface area contributed by atoms with Crippen molar-refractivity contribution in [1.82, 2.24) is 0 Å². The lowest BCUT2D eigenvalue weighted by Crippen LogP contribution is -2.02. The van der Waals surface area contributed by atoms with Crippen LogP contribution in [0.2, 0.25) is 0 Å². The molecule has 0 bridgehead atoms. The maximum Gasteiger partial charge on any atom is 0.161 e. The Morgan fingerprint density at radius 3 is 2.40 bits per heavy atom. The van der Waals surface area contributed by atoms with Gasteiger partial charge in [0.15, 0.2) is 11.5 Å². The van der Waals surface area contributed by atoms with Crippen molar-refractivity contribution in [2.24, 2.45) is 17.8 Å². The van der Waals surface area contributed by atoms with E-state index < -0.39 is 0 Å². The Morgan fingerprint density at radius 1 is 1.10 bits per heavy atom. The van der Waals surface area contributed by atoms with Crippen LogP contribution < -0.4 is 9.47 Å². The molecule has 0 N–H and O–H groups in total. The molecule has 0 spiro atoms. The molecule has 1 aromatic rings. The number of rotatable bonds is 6. The van der Waals surface area contributed by atoms with Gasteiger partial charge in [-0.05, 0) is 62.1 Å². The average Bonchev–Trinajstić information content (AvgIpc) is 2.93. The first kappa shape index (κ1) is 14.1. The van der Waals surface area contributed by atoms with Crippen molar-refractivity contribution in [1.29, 1.82) is 0 Å². The lowest BCUT2D eigenvalue weighted by Gasteiger charge is -2.16. The Balaban J connectivity index is 1.77. The minimum Gasteiger partial charge on any atom is -0.490 e. The molecular weight excluding hydrogens is 272 g/mol. The third-order valence-corrected chi connectivity index (χ3v) is 5.24. The Hall–Kier alpha value is -0.890. The predicted molar refractivity (Wildman–Crippen MR) is 81.7 cm³/mol. The quantitative estimate of drug-likeness (QED) is 0.701. The van der Waals surface area contributed by atoms with Gasteiger partial charge in [-0.15, -0.1) is 11.6 Å². The number of hydrogen-bond donors (Lipinski definition) is 0. The molecule has 1 aromatic carbocycles. The second-order valence-electron chi connectivity index (χ2n) is 5.81. The molecule has 2 saturated carbocycles. The van der Waals surface area contributed by atoms with Crippen LogP contribution in [-0.2, 0) is 0 Å². The SMILES string of the molecule is CCOc1ccc(C(Cl)C2C3CCCC32)cc1OCC. The van der Waals surface area contributed by atoms with E-state index in [1.54, 1.807) is 0 Å². The molecule has 2 nitrogen and oxygen atoms in total. The molecule has 0 aliphatic heterocycles. The Labute approximate surface area is 126 Å². The molecule has 3 heteroatoms. The minimum absolute atomic E-state index is 0.125. The van der Waals surface area contributed by atoms with Gasteiger partial charge in [0.25, 0.3) is 0 Å². The van der Waals surface area contributed by atoms with E-state index in [4.69, 9.17) is 21.1 Å². The second kappa shape index (κ2) is 5.85. The summed E-state index contributed by atoms with van der Waals surface area (Å²) in [5, 5.41) is 0.125. The van der Waals surface area contributed by atoms with Crippen LogP contribution in [-0.4, -0.2) is 13.2 Å². The summed E-state index contributed by atoms with van der Waals surface area (Å²) in [6.07, 6.45) is 4.13. The normalized spacial score (nSPS) is 28.9. The number of benzene rings is 1. The lowest BCUT2D eigenvalue weighted by atomic mass is 10.0. The van der Waals surface area contributed by atoms with E-state index in [1.807, 2.05) is 19.9 Å². The van der Waals surface area contributed by atoms with E-state index in [9.17, 15) is 0 Å². The number of halogens is 1. The highest BCUT2D eigenvalue weighted by Crippen LogP contribution is 2.64. The molecule has 3 rings (SSSR count). The van der Waals surface area contributed by atoms with Crippen molar-refractivity contribution in [2.45, 2.75) is 38.5 Å². The number of ether oxygens (including phenoxy) is 2. The highest BCUT2D eigenvalue weighted by molar-refractivity contribution is 6.21. The first-order valence-corrected chi connectivity index (χ1v) is 8.23. The van der Waals surface area contributed by atoms with Gasteiger partial charge in [-0.2, -0.15) is 0 Å². The molecule has 0 amide bonds. The van der Waals surface area contributed by atoms with Gasteiger partial charge in [-0.1, -0.05) is 12.5 Å². The van der Waals surface area contributed by atoms with Gasteiger partial charge in [0.05, 0.1) is 18.6 Å². The van der Waals surface area contributed by atoms with Crippen molar-refractivity contribution in [3.8, 4) is 11.5 Å². The van der Waals surface area contributed by atoms with Crippen molar-refractivity contribution < 1.29 is 9.47 Å². The molecule has 0 aromatic heterocycles. The summed E-state index contributed by atoms with van der Waals surface area (Å²) in [6, 6.07) is 6.16. The molecule has 110 valence electrons. The zero-order valence-corrected chi connectivity index (χ0v) is 13.0. The molecule has 0 radical (unpaired) electrons. The molecule has 3 unspecified atom stereocenters. The maximum atomic E-state index is 6.71. The predicted octanol–water partition coefficient (Wildman–Crippen LogP) is 4.81. The summed E-state index contributed by atoms with van der Waals surface area (Å²) >= 11 is 6.71. The monoisotopic (exact) mass is 294 g/mol. The summed E-state index contributed by atoms with van der Waals surface area (Å²) in [5.74, 6) is 4.07. The van der Waals surface area contributed by atoms with Crippen molar-refractivity contribution >= 4 is 11.6 Å². The van der Waals surface area contributed by atoms with Crippen LogP contribution in [0.5, 0.6) is 11.5 Å². The summed E-state index contributed by atoms with van der Waals surface area (Å²) in [4.78, 5) is 0. The zero-order chi connectivity index (χ0) is 14.1. The topological polar surface area (TPSA) is 18.5 Å². The van der Waals surface area contributed by atoms with Crippen LogP contribution in [0.25, 0.3) is 0 Å².